The fraction of sp³-hybridized carbons (Fsp3) is 0.417. The highest BCUT2D eigenvalue weighted by atomic mass is 79.9. The largest absolute Gasteiger partial charge is 0.391 e. The van der Waals surface area contributed by atoms with Gasteiger partial charge in [0.05, 0.1) is 6.42 Å². The van der Waals surface area contributed by atoms with Crippen molar-refractivity contribution in [2.24, 2.45) is 0 Å². The highest BCUT2D eigenvalue weighted by molar-refractivity contribution is 9.10. The minimum absolute atomic E-state index is 0.335. The van der Waals surface area contributed by atoms with Crippen molar-refractivity contribution in [1.82, 2.24) is 5.32 Å². The average Bonchev–Trinajstić information content (AvgIpc) is 2.18. The molecule has 1 unspecified atom stereocenters. The summed E-state index contributed by atoms with van der Waals surface area (Å²) in [7, 11) is 0. The summed E-state index contributed by atoms with van der Waals surface area (Å²) in [5, 5.41) is 2.32. The summed E-state index contributed by atoms with van der Waals surface area (Å²) in [4.78, 5) is 11.7. The fourth-order valence-corrected chi connectivity index (χ4v) is 1.82. The number of carbonyl (C=O) groups is 1. The van der Waals surface area contributed by atoms with Crippen molar-refractivity contribution < 1.29 is 18.0 Å². The zero-order valence-corrected chi connectivity index (χ0v) is 11.5. The number of alkyl halides is 3. The fourth-order valence-electron chi connectivity index (χ4n) is 1.44. The maximum atomic E-state index is 12.1. The Kier molecular flexibility index (Phi) is 4.78. The van der Waals surface area contributed by atoms with Crippen molar-refractivity contribution in [3.8, 4) is 0 Å². The van der Waals surface area contributed by atoms with Gasteiger partial charge in [-0.05, 0) is 31.5 Å². The van der Waals surface area contributed by atoms with E-state index in [4.69, 9.17) is 0 Å². The molecular formula is C12H13BrF3NO. The molecule has 0 fully saturated rings. The number of halogens is 4. The van der Waals surface area contributed by atoms with Crippen LogP contribution < -0.4 is 5.32 Å². The first-order valence-electron chi connectivity index (χ1n) is 5.33. The second kappa shape index (κ2) is 5.73. The summed E-state index contributed by atoms with van der Waals surface area (Å²) in [5.41, 5.74) is 1.29. The van der Waals surface area contributed by atoms with E-state index < -0.39 is 24.5 Å². The first-order valence-corrected chi connectivity index (χ1v) is 6.12. The molecule has 1 aromatic carbocycles. The molecular weight excluding hydrogens is 311 g/mol. The van der Waals surface area contributed by atoms with Crippen molar-refractivity contribution in [2.75, 3.05) is 0 Å². The van der Waals surface area contributed by atoms with Crippen LogP contribution in [0, 0.1) is 6.92 Å². The van der Waals surface area contributed by atoms with Gasteiger partial charge in [0.15, 0.2) is 0 Å². The Bertz CT molecular complexity index is 445. The molecule has 0 saturated carbocycles. The molecule has 0 bridgehead atoms. The van der Waals surface area contributed by atoms with Gasteiger partial charge in [0.25, 0.3) is 5.91 Å². The molecule has 0 aromatic heterocycles. The topological polar surface area (TPSA) is 29.1 Å². The van der Waals surface area contributed by atoms with Crippen molar-refractivity contribution in [1.29, 1.82) is 0 Å². The third-order valence-electron chi connectivity index (χ3n) is 2.35. The van der Waals surface area contributed by atoms with Crippen LogP contribution in [-0.2, 0) is 0 Å². The second-order valence-electron chi connectivity index (χ2n) is 4.16. The summed E-state index contributed by atoms with van der Waals surface area (Å²) in [5.74, 6) is -0.507. The lowest BCUT2D eigenvalue weighted by atomic mass is 10.1. The first-order chi connectivity index (χ1) is 8.19. The monoisotopic (exact) mass is 323 g/mol. The number of carbonyl (C=O) groups excluding carboxylic acids is 1. The van der Waals surface area contributed by atoms with Gasteiger partial charge in [0.1, 0.15) is 0 Å². The molecule has 1 atom stereocenters. The van der Waals surface area contributed by atoms with E-state index in [1.54, 1.807) is 18.2 Å². The summed E-state index contributed by atoms with van der Waals surface area (Å²) in [6.07, 6.45) is -5.31. The third-order valence-corrected chi connectivity index (χ3v) is 3.20. The van der Waals surface area contributed by atoms with Crippen molar-refractivity contribution in [2.45, 2.75) is 32.5 Å². The smallest absolute Gasteiger partial charge is 0.349 e. The standard InChI is InChI=1S/C12H13BrF3NO/c1-7-3-4-9(5-10(7)13)11(18)17-8(2)6-12(14,15)16/h3-5,8H,6H2,1-2H3,(H,17,18). The lowest BCUT2D eigenvalue weighted by molar-refractivity contribution is -0.138. The number of benzene rings is 1. The molecule has 0 radical (unpaired) electrons. The van der Waals surface area contributed by atoms with E-state index in [2.05, 4.69) is 21.2 Å². The van der Waals surface area contributed by atoms with E-state index in [0.29, 0.717) is 5.56 Å². The van der Waals surface area contributed by atoms with E-state index in [0.717, 1.165) is 10.0 Å². The Labute approximate surface area is 112 Å². The number of amides is 1. The molecule has 18 heavy (non-hydrogen) atoms. The van der Waals surface area contributed by atoms with Crippen LogP contribution >= 0.6 is 15.9 Å². The van der Waals surface area contributed by atoms with Crippen LogP contribution in [0.15, 0.2) is 22.7 Å². The van der Waals surface area contributed by atoms with E-state index in [1.165, 1.54) is 6.92 Å². The Balaban J connectivity index is 2.68. The minimum atomic E-state index is -4.28. The molecule has 0 saturated heterocycles. The molecule has 0 spiro atoms. The molecule has 100 valence electrons. The summed E-state index contributed by atoms with van der Waals surface area (Å²) >= 11 is 3.27. The first kappa shape index (κ1) is 15.0. The van der Waals surface area contributed by atoms with Crippen molar-refractivity contribution in [3.63, 3.8) is 0 Å². The highest BCUT2D eigenvalue weighted by Crippen LogP contribution is 2.22. The average molecular weight is 324 g/mol. The summed E-state index contributed by atoms with van der Waals surface area (Å²) in [6, 6.07) is 3.95. The Morgan fingerprint density at radius 1 is 1.44 bits per heavy atom. The molecule has 2 nitrogen and oxygen atoms in total. The van der Waals surface area contributed by atoms with Gasteiger partial charge < -0.3 is 5.32 Å². The number of aryl methyl sites for hydroxylation is 1. The van der Waals surface area contributed by atoms with Gasteiger partial charge in [-0.2, -0.15) is 13.2 Å². The second-order valence-corrected chi connectivity index (χ2v) is 5.01. The van der Waals surface area contributed by atoms with Crippen LogP contribution in [0.1, 0.15) is 29.3 Å². The third kappa shape index (κ3) is 4.68. The van der Waals surface area contributed by atoms with Gasteiger partial charge in [-0.25, -0.2) is 0 Å². The predicted molar refractivity (Wildman–Crippen MR) is 66.5 cm³/mol. The molecule has 0 aliphatic carbocycles. The Hall–Kier alpha value is -1.04. The molecule has 1 aromatic rings. The van der Waals surface area contributed by atoms with E-state index in [1.807, 2.05) is 6.92 Å². The van der Waals surface area contributed by atoms with Gasteiger partial charge >= 0.3 is 6.18 Å². The van der Waals surface area contributed by atoms with Crippen LogP contribution in [0.5, 0.6) is 0 Å². The van der Waals surface area contributed by atoms with Crippen LogP contribution in [0.4, 0.5) is 13.2 Å². The Morgan fingerprint density at radius 2 is 2.06 bits per heavy atom. The minimum Gasteiger partial charge on any atom is -0.349 e. The van der Waals surface area contributed by atoms with Crippen molar-refractivity contribution in [3.05, 3.63) is 33.8 Å². The van der Waals surface area contributed by atoms with Crippen LogP contribution in [0.25, 0.3) is 0 Å². The predicted octanol–water partition coefficient (Wildman–Crippen LogP) is 3.83. The lowest BCUT2D eigenvalue weighted by Crippen LogP contribution is -2.35. The zero-order chi connectivity index (χ0) is 13.9. The van der Waals surface area contributed by atoms with Gasteiger partial charge in [-0.3, -0.25) is 4.79 Å². The van der Waals surface area contributed by atoms with Crippen LogP contribution in [0.2, 0.25) is 0 Å². The highest BCUT2D eigenvalue weighted by Gasteiger charge is 2.30. The number of nitrogens with one attached hydrogen (secondary N) is 1. The number of rotatable bonds is 3. The van der Waals surface area contributed by atoms with Gasteiger partial charge in [-0.15, -0.1) is 0 Å². The molecule has 1 amide bonds. The van der Waals surface area contributed by atoms with Gasteiger partial charge in [-0.1, -0.05) is 22.0 Å². The van der Waals surface area contributed by atoms with Crippen molar-refractivity contribution >= 4 is 21.8 Å². The molecule has 0 aliphatic heterocycles. The molecule has 6 heteroatoms. The van der Waals surface area contributed by atoms with E-state index >= 15 is 0 Å². The molecule has 1 N–H and O–H groups in total. The molecule has 1 rings (SSSR count). The van der Waals surface area contributed by atoms with Gasteiger partial charge in [0, 0.05) is 16.1 Å². The molecule has 0 heterocycles. The summed E-state index contributed by atoms with van der Waals surface area (Å²) in [6.45, 7) is 3.19. The van der Waals surface area contributed by atoms with E-state index in [-0.39, 0.29) is 0 Å². The SMILES string of the molecule is Cc1ccc(C(=O)NC(C)CC(F)(F)F)cc1Br. The zero-order valence-electron chi connectivity index (χ0n) is 9.94. The maximum Gasteiger partial charge on any atom is 0.391 e. The van der Waals surface area contributed by atoms with Crippen LogP contribution in [0.3, 0.4) is 0 Å². The number of hydrogen-bond donors (Lipinski definition) is 1. The Morgan fingerprint density at radius 3 is 2.56 bits per heavy atom. The van der Waals surface area contributed by atoms with Crippen LogP contribution in [-0.4, -0.2) is 18.1 Å². The lowest BCUT2D eigenvalue weighted by Gasteiger charge is -2.16. The number of hydrogen-bond acceptors (Lipinski definition) is 1. The van der Waals surface area contributed by atoms with E-state index in [9.17, 15) is 18.0 Å². The molecule has 0 aliphatic rings. The summed E-state index contributed by atoms with van der Waals surface area (Å²) < 4.78 is 37.1. The maximum absolute atomic E-state index is 12.1. The normalized spacial score (nSPS) is 13.2. The quantitative estimate of drug-likeness (QED) is 0.900. The van der Waals surface area contributed by atoms with Gasteiger partial charge in [0.2, 0.25) is 0 Å².